The van der Waals surface area contributed by atoms with Gasteiger partial charge in [0.25, 0.3) is 0 Å². The van der Waals surface area contributed by atoms with Crippen molar-refractivity contribution >= 4 is 31.5 Å². The first-order valence-electron chi connectivity index (χ1n) is 6.06. The van der Waals surface area contributed by atoms with Gasteiger partial charge in [-0.2, -0.15) is 4.31 Å². The van der Waals surface area contributed by atoms with Crippen LogP contribution in [0.3, 0.4) is 0 Å². The molecule has 1 fully saturated rings. The number of hydrogen-bond donors (Lipinski definition) is 1. The van der Waals surface area contributed by atoms with Crippen molar-refractivity contribution in [1.82, 2.24) is 4.31 Å². The molecule has 2 rings (SSSR count). The third-order valence-corrected chi connectivity index (χ3v) is 6.95. The summed E-state index contributed by atoms with van der Waals surface area (Å²) >= 11 is 5.79. The molecular formula is C11H14ClFN2O4S2. The second-order valence-corrected chi connectivity index (χ2v) is 9.28. The predicted molar refractivity (Wildman–Crippen MR) is 76.7 cm³/mol. The summed E-state index contributed by atoms with van der Waals surface area (Å²) in [6.07, 6.45) is 0. The molecule has 1 heterocycles. The molecule has 6 nitrogen and oxygen atoms in total. The van der Waals surface area contributed by atoms with Crippen molar-refractivity contribution in [3.05, 3.63) is 28.5 Å². The number of sulfone groups is 1. The SMILES string of the molecule is NCc1cc(Cl)cc(S(=O)(=O)N2CCS(=O)(=O)CC2)c1F. The van der Waals surface area contributed by atoms with E-state index in [1.807, 2.05) is 0 Å². The molecule has 0 amide bonds. The van der Waals surface area contributed by atoms with Crippen molar-refractivity contribution in [1.29, 1.82) is 0 Å². The third-order valence-electron chi connectivity index (χ3n) is 3.22. The van der Waals surface area contributed by atoms with E-state index in [2.05, 4.69) is 0 Å². The molecule has 1 aromatic carbocycles. The van der Waals surface area contributed by atoms with Gasteiger partial charge >= 0.3 is 0 Å². The molecule has 1 aromatic rings. The van der Waals surface area contributed by atoms with Crippen LogP contribution in [0.5, 0.6) is 0 Å². The average Bonchev–Trinajstić information content (AvgIpc) is 2.40. The van der Waals surface area contributed by atoms with Gasteiger partial charge in [-0.3, -0.25) is 0 Å². The second-order valence-electron chi connectivity index (χ2n) is 4.64. The van der Waals surface area contributed by atoms with Gasteiger partial charge in [-0.05, 0) is 12.1 Å². The van der Waals surface area contributed by atoms with Crippen LogP contribution < -0.4 is 5.73 Å². The summed E-state index contributed by atoms with van der Waals surface area (Å²) in [5.74, 6) is -1.51. The van der Waals surface area contributed by atoms with Crippen LogP contribution in [0.1, 0.15) is 5.56 Å². The Bertz CT molecular complexity index is 751. The molecular weight excluding hydrogens is 343 g/mol. The van der Waals surface area contributed by atoms with Gasteiger partial charge in [-0.15, -0.1) is 0 Å². The number of nitrogens with two attached hydrogens (primary N) is 1. The first kappa shape index (κ1) is 16.6. The second kappa shape index (κ2) is 5.81. The fourth-order valence-corrected chi connectivity index (χ4v) is 5.34. The maximum atomic E-state index is 14.2. The lowest BCUT2D eigenvalue weighted by molar-refractivity contribution is 0.426. The summed E-state index contributed by atoms with van der Waals surface area (Å²) in [4.78, 5) is -0.574. The van der Waals surface area contributed by atoms with Gasteiger partial charge in [0, 0.05) is 30.2 Å². The standard InChI is InChI=1S/C11H14ClFN2O4S2/c12-9-5-8(7-14)11(13)10(6-9)21(18,19)15-1-3-20(16,17)4-2-15/h5-6H,1-4,7,14H2. The van der Waals surface area contributed by atoms with Crippen molar-refractivity contribution in [2.45, 2.75) is 11.4 Å². The van der Waals surface area contributed by atoms with Gasteiger partial charge in [0.1, 0.15) is 10.7 Å². The van der Waals surface area contributed by atoms with Gasteiger partial charge in [-0.25, -0.2) is 21.2 Å². The van der Waals surface area contributed by atoms with Gasteiger partial charge in [0.15, 0.2) is 9.84 Å². The zero-order valence-electron chi connectivity index (χ0n) is 10.9. The molecule has 118 valence electrons. The van der Waals surface area contributed by atoms with E-state index in [4.69, 9.17) is 17.3 Å². The van der Waals surface area contributed by atoms with E-state index in [0.29, 0.717) is 0 Å². The fraction of sp³-hybridized carbons (Fsp3) is 0.455. The maximum absolute atomic E-state index is 14.2. The molecule has 0 saturated carbocycles. The highest BCUT2D eigenvalue weighted by Gasteiger charge is 2.33. The number of hydrogen-bond acceptors (Lipinski definition) is 5. The van der Waals surface area contributed by atoms with Crippen LogP contribution in [0.4, 0.5) is 4.39 Å². The molecule has 0 spiro atoms. The molecule has 0 aromatic heterocycles. The molecule has 10 heteroatoms. The molecule has 2 N–H and O–H groups in total. The highest BCUT2D eigenvalue weighted by atomic mass is 35.5. The lowest BCUT2D eigenvalue weighted by Crippen LogP contribution is -2.43. The highest BCUT2D eigenvalue weighted by Crippen LogP contribution is 2.27. The summed E-state index contributed by atoms with van der Waals surface area (Å²) in [7, 11) is -7.38. The van der Waals surface area contributed by atoms with E-state index in [1.54, 1.807) is 0 Å². The minimum Gasteiger partial charge on any atom is -0.326 e. The summed E-state index contributed by atoms with van der Waals surface area (Å²) in [5, 5.41) is 0.0556. The zero-order chi connectivity index (χ0) is 15.8. The maximum Gasteiger partial charge on any atom is 0.246 e. The largest absolute Gasteiger partial charge is 0.326 e. The topological polar surface area (TPSA) is 97.5 Å². The van der Waals surface area contributed by atoms with E-state index in [9.17, 15) is 21.2 Å². The molecule has 0 unspecified atom stereocenters. The number of nitrogens with zero attached hydrogens (tertiary/aromatic N) is 1. The van der Waals surface area contributed by atoms with Crippen LogP contribution in [0.25, 0.3) is 0 Å². The van der Waals surface area contributed by atoms with Crippen LogP contribution >= 0.6 is 11.6 Å². The fourth-order valence-electron chi connectivity index (χ4n) is 2.03. The summed E-state index contributed by atoms with van der Waals surface area (Å²) in [6.45, 7) is -0.591. The lowest BCUT2D eigenvalue weighted by Gasteiger charge is -2.26. The van der Waals surface area contributed by atoms with Crippen molar-refractivity contribution in [3.63, 3.8) is 0 Å². The van der Waals surface area contributed by atoms with Gasteiger partial charge in [0.2, 0.25) is 10.0 Å². The van der Waals surface area contributed by atoms with Crippen molar-refractivity contribution in [3.8, 4) is 0 Å². The van der Waals surface area contributed by atoms with Gasteiger partial charge < -0.3 is 5.73 Å². The molecule has 0 atom stereocenters. The van der Waals surface area contributed by atoms with E-state index in [1.165, 1.54) is 6.07 Å². The molecule has 0 aliphatic carbocycles. The molecule has 21 heavy (non-hydrogen) atoms. The average molecular weight is 357 g/mol. The number of sulfonamides is 1. The van der Waals surface area contributed by atoms with E-state index < -0.39 is 30.6 Å². The van der Waals surface area contributed by atoms with Crippen LogP contribution in [0.15, 0.2) is 17.0 Å². The Balaban J connectivity index is 2.43. The van der Waals surface area contributed by atoms with Crippen LogP contribution in [0, 0.1) is 5.82 Å². The quantitative estimate of drug-likeness (QED) is 0.843. The normalized spacial score (nSPS) is 19.6. The Kier molecular flexibility index (Phi) is 4.60. The smallest absolute Gasteiger partial charge is 0.246 e. The molecule has 0 radical (unpaired) electrons. The van der Waals surface area contributed by atoms with Crippen molar-refractivity contribution < 1.29 is 21.2 Å². The van der Waals surface area contributed by atoms with Crippen LogP contribution in [-0.4, -0.2) is 45.7 Å². The zero-order valence-corrected chi connectivity index (χ0v) is 13.3. The monoisotopic (exact) mass is 356 g/mol. The highest BCUT2D eigenvalue weighted by molar-refractivity contribution is 7.92. The van der Waals surface area contributed by atoms with Crippen molar-refractivity contribution in [2.24, 2.45) is 5.73 Å². The summed E-state index contributed by atoms with van der Waals surface area (Å²) in [6, 6.07) is 2.27. The molecule has 1 saturated heterocycles. The first-order valence-corrected chi connectivity index (χ1v) is 9.70. The molecule has 0 bridgehead atoms. The molecule has 1 aliphatic heterocycles. The van der Waals surface area contributed by atoms with Crippen LogP contribution in [-0.2, 0) is 26.4 Å². The van der Waals surface area contributed by atoms with E-state index >= 15 is 0 Å². The minimum absolute atomic E-state index is 0.00861. The summed E-state index contributed by atoms with van der Waals surface area (Å²) < 4.78 is 62.7. The summed E-state index contributed by atoms with van der Waals surface area (Å²) in [5.41, 5.74) is 5.35. The van der Waals surface area contributed by atoms with Gasteiger partial charge in [-0.1, -0.05) is 11.6 Å². The number of benzene rings is 1. The number of rotatable bonds is 3. The first-order chi connectivity index (χ1) is 9.67. The van der Waals surface area contributed by atoms with Crippen molar-refractivity contribution in [2.75, 3.05) is 24.6 Å². The van der Waals surface area contributed by atoms with E-state index in [0.717, 1.165) is 10.4 Å². The minimum atomic E-state index is -4.14. The predicted octanol–water partition coefficient (Wildman–Crippen LogP) is 0.357. The Labute approximate surface area is 127 Å². The van der Waals surface area contributed by atoms with Gasteiger partial charge in [0.05, 0.1) is 11.5 Å². The Morgan fingerprint density at radius 2 is 1.86 bits per heavy atom. The Morgan fingerprint density at radius 3 is 2.38 bits per heavy atom. The van der Waals surface area contributed by atoms with E-state index in [-0.39, 0.29) is 41.7 Å². The molecule has 1 aliphatic rings. The Morgan fingerprint density at radius 1 is 1.29 bits per heavy atom. The number of halogens is 2. The van der Waals surface area contributed by atoms with Crippen LogP contribution in [0.2, 0.25) is 5.02 Å². The lowest BCUT2D eigenvalue weighted by atomic mass is 10.2. The Hall–Kier alpha value is -0.740. The third kappa shape index (κ3) is 3.37.